The molecule has 3 aromatic rings. The Morgan fingerprint density at radius 2 is 1.82 bits per heavy atom. The maximum atomic E-state index is 13.7. The van der Waals surface area contributed by atoms with Gasteiger partial charge in [0.15, 0.2) is 10.8 Å². The molecule has 2 bridgehead atoms. The van der Waals surface area contributed by atoms with E-state index in [0.29, 0.717) is 21.6 Å². The standard InChI is InChI=1S/C25H22ClN3O3S/c1-25-21(23(30)27-16-9-7-15(26)8-10-16)22(19-5-3-4-6-20(19)32-25)28-24(33)29(25)17-11-13-18(31-2)14-12-17/h3-14,21-22H,1-2H3,(H,27,30)(H,28,33)/t21-,22-,25-/m0/s1. The van der Waals surface area contributed by atoms with E-state index in [4.69, 9.17) is 33.3 Å². The van der Waals surface area contributed by atoms with E-state index in [1.54, 1.807) is 31.4 Å². The van der Waals surface area contributed by atoms with Crippen LogP contribution < -0.4 is 25.0 Å². The van der Waals surface area contributed by atoms with Crippen molar-refractivity contribution in [3.63, 3.8) is 0 Å². The molecule has 2 aliphatic rings. The van der Waals surface area contributed by atoms with Crippen molar-refractivity contribution >= 4 is 46.2 Å². The molecule has 0 aromatic heterocycles. The van der Waals surface area contributed by atoms with E-state index in [0.717, 1.165) is 17.0 Å². The molecule has 8 heteroatoms. The van der Waals surface area contributed by atoms with Gasteiger partial charge in [0.05, 0.1) is 13.2 Å². The highest BCUT2D eigenvalue weighted by Gasteiger charge is 2.59. The number of benzene rings is 3. The van der Waals surface area contributed by atoms with Crippen LogP contribution in [-0.2, 0) is 4.79 Å². The highest BCUT2D eigenvalue weighted by Crippen LogP contribution is 2.49. The average Bonchev–Trinajstić information content (AvgIpc) is 2.80. The summed E-state index contributed by atoms with van der Waals surface area (Å²) in [5, 5.41) is 7.50. The second-order valence-electron chi connectivity index (χ2n) is 8.13. The summed E-state index contributed by atoms with van der Waals surface area (Å²) in [7, 11) is 1.62. The van der Waals surface area contributed by atoms with Crippen molar-refractivity contribution in [3.05, 3.63) is 83.4 Å². The zero-order valence-electron chi connectivity index (χ0n) is 18.0. The minimum atomic E-state index is -1.08. The molecule has 0 radical (unpaired) electrons. The normalized spacial score (nSPS) is 23.1. The number of nitrogens with zero attached hydrogens (tertiary/aromatic N) is 1. The van der Waals surface area contributed by atoms with Crippen molar-refractivity contribution in [3.8, 4) is 11.5 Å². The lowest BCUT2D eigenvalue weighted by Crippen LogP contribution is -2.72. The summed E-state index contributed by atoms with van der Waals surface area (Å²) in [6.07, 6.45) is 0. The summed E-state index contributed by atoms with van der Waals surface area (Å²) in [6.45, 7) is 1.90. The van der Waals surface area contributed by atoms with Crippen LogP contribution in [0.3, 0.4) is 0 Å². The number of amides is 1. The van der Waals surface area contributed by atoms with Crippen LogP contribution in [0.25, 0.3) is 0 Å². The van der Waals surface area contributed by atoms with Gasteiger partial charge in [0, 0.05) is 22.0 Å². The SMILES string of the molecule is COc1ccc(N2C(=S)N[C@H]3c4ccccc4O[C@@]2(C)[C@@H]3C(=O)Nc2ccc(Cl)cc2)cc1. The predicted molar refractivity (Wildman–Crippen MR) is 133 cm³/mol. The van der Waals surface area contributed by atoms with Crippen molar-refractivity contribution < 1.29 is 14.3 Å². The number of para-hydroxylation sites is 1. The summed E-state index contributed by atoms with van der Waals surface area (Å²) >= 11 is 11.8. The lowest BCUT2D eigenvalue weighted by molar-refractivity contribution is -0.130. The van der Waals surface area contributed by atoms with Crippen molar-refractivity contribution in [1.29, 1.82) is 0 Å². The van der Waals surface area contributed by atoms with Crippen molar-refractivity contribution in [2.45, 2.75) is 18.7 Å². The van der Waals surface area contributed by atoms with E-state index in [1.807, 2.05) is 60.4 Å². The van der Waals surface area contributed by atoms with Gasteiger partial charge in [-0.1, -0.05) is 29.8 Å². The van der Waals surface area contributed by atoms with Crippen molar-refractivity contribution in [2.75, 3.05) is 17.3 Å². The van der Waals surface area contributed by atoms with Crippen LogP contribution >= 0.6 is 23.8 Å². The molecule has 6 nitrogen and oxygen atoms in total. The minimum absolute atomic E-state index is 0.187. The van der Waals surface area contributed by atoms with Crippen LogP contribution in [0.15, 0.2) is 72.8 Å². The van der Waals surface area contributed by atoms with Crippen LogP contribution in [0.2, 0.25) is 5.02 Å². The second-order valence-corrected chi connectivity index (χ2v) is 8.95. The number of hydrogen-bond acceptors (Lipinski definition) is 4. The summed E-state index contributed by atoms with van der Waals surface area (Å²) in [4.78, 5) is 15.6. The smallest absolute Gasteiger partial charge is 0.236 e. The Balaban J connectivity index is 1.59. The van der Waals surface area contributed by atoms with Crippen LogP contribution in [0.4, 0.5) is 11.4 Å². The highest BCUT2D eigenvalue weighted by molar-refractivity contribution is 7.80. The number of carbonyl (C=O) groups is 1. The zero-order valence-corrected chi connectivity index (χ0v) is 19.6. The molecule has 0 unspecified atom stereocenters. The molecular weight excluding hydrogens is 458 g/mol. The maximum absolute atomic E-state index is 13.7. The number of halogens is 1. The Kier molecular flexibility index (Phi) is 5.38. The second kappa shape index (κ2) is 8.24. The molecule has 5 rings (SSSR count). The number of rotatable bonds is 4. The van der Waals surface area contributed by atoms with Gasteiger partial charge in [0.1, 0.15) is 17.4 Å². The third kappa shape index (κ3) is 3.67. The third-order valence-electron chi connectivity index (χ3n) is 6.13. The molecule has 0 saturated carbocycles. The number of ether oxygens (including phenoxy) is 2. The van der Waals surface area contributed by atoms with Gasteiger partial charge >= 0.3 is 0 Å². The molecule has 1 amide bonds. The first kappa shape index (κ1) is 21.6. The van der Waals surface area contributed by atoms with Gasteiger partial charge in [0.25, 0.3) is 0 Å². The zero-order chi connectivity index (χ0) is 23.2. The molecule has 2 aliphatic heterocycles. The maximum Gasteiger partial charge on any atom is 0.236 e. The molecule has 2 heterocycles. The fraction of sp³-hybridized carbons (Fsp3) is 0.200. The molecule has 3 atom stereocenters. The Hall–Kier alpha value is -3.29. The molecule has 1 fully saturated rings. The Labute approximate surface area is 202 Å². The largest absolute Gasteiger partial charge is 0.497 e. The number of methoxy groups -OCH3 is 1. The number of fused-ring (bicyclic) bond motifs is 4. The predicted octanol–water partition coefficient (Wildman–Crippen LogP) is 5.15. The molecule has 0 spiro atoms. The van der Waals surface area contributed by atoms with Gasteiger partial charge in [0.2, 0.25) is 5.91 Å². The number of carbonyl (C=O) groups excluding carboxylic acids is 1. The monoisotopic (exact) mass is 479 g/mol. The van der Waals surface area contributed by atoms with E-state index < -0.39 is 11.6 Å². The van der Waals surface area contributed by atoms with E-state index in [1.165, 1.54) is 0 Å². The van der Waals surface area contributed by atoms with Crippen LogP contribution in [0.5, 0.6) is 11.5 Å². The molecular formula is C25H22ClN3O3S. The number of thiocarbonyl (C=S) groups is 1. The van der Waals surface area contributed by atoms with E-state index in [-0.39, 0.29) is 11.9 Å². The van der Waals surface area contributed by atoms with Gasteiger partial charge in [-0.3, -0.25) is 9.69 Å². The molecule has 33 heavy (non-hydrogen) atoms. The highest BCUT2D eigenvalue weighted by atomic mass is 35.5. The fourth-order valence-corrected chi connectivity index (χ4v) is 5.14. The lowest BCUT2D eigenvalue weighted by Gasteiger charge is -2.56. The first-order chi connectivity index (χ1) is 15.9. The van der Waals surface area contributed by atoms with Crippen LogP contribution in [-0.4, -0.2) is 23.9 Å². The first-order valence-corrected chi connectivity index (χ1v) is 11.3. The molecule has 0 aliphatic carbocycles. The van der Waals surface area contributed by atoms with Gasteiger partial charge in [-0.15, -0.1) is 0 Å². The molecule has 1 saturated heterocycles. The van der Waals surface area contributed by atoms with E-state index in [2.05, 4.69) is 10.6 Å². The summed E-state index contributed by atoms with van der Waals surface area (Å²) in [5.74, 6) is 0.642. The van der Waals surface area contributed by atoms with Crippen LogP contribution in [0.1, 0.15) is 18.5 Å². The number of nitrogens with one attached hydrogen (secondary N) is 2. The van der Waals surface area contributed by atoms with Crippen molar-refractivity contribution in [1.82, 2.24) is 5.32 Å². The minimum Gasteiger partial charge on any atom is -0.497 e. The van der Waals surface area contributed by atoms with Gasteiger partial charge in [-0.05, 0) is 73.7 Å². The fourth-order valence-electron chi connectivity index (χ4n) is 4.60. The Morgan fingerprint density at radius 1 is 1.12 bits per heavy atom. The third-order valence-corrected chi connectivity index (χ3v) is 6.68. The number of anilines is 2. The molecule has 2 N–H and O–H groups in total. The Bertz CT molecular complexity index is 1220. The van der Waals surface area contributed by atoms with E-state index >= 15 is 0 Å². The van der Waals surface area contributed by atoms with Crippen LogP contribution in [0, 0.1) is 5.92 Å². The Morgan fingerprint density at radius 3 is 2.52 bits per heavy atom. The number of hydrogen-bond donors (Lipinski definition) is 2. The summed E-state index contributed by atoms with van der Waals surface area (Å²) in [6, 6.07) is 21.9. The lowest BCUT2D eigenvalue weighted by atomic mass is 9.78. The first-order valence-electron chi connectivity index (χ1n) is 10.5. The van der Waals surface area contributed by atoms with E-state index in [9.17, 15) is 4.79 Å². The molecule has 3 aromatic carbocycles. The molecule has 168 valence electrons. The summed E-state index contributed by atoms with van der Waals surface area (Å²) in [5.41, 5.74) is 1.26. The quantitative estimate of drug-likeness (QED) is 0.505. The van der Waals surface area contributed by atoms with Gasteiger partial charge in [-0.2, -0.15) is 0 Å². The topological polar surface area (TPSA) is 62.8 Å². The van der Waals surface area contributed by atoms with Crippen molar-refractivity contribution in [2.24, 2.45) is 5.92 Å². The summed E-state index contributed by atoms with van der Waals surface area (Å²) < 4.78 is 11.9. The van der Waals surface area contributed by atoms with Gasteiger partial charge < -0.3 is 20.1 Å². The van der Waals surface area contributed by atoms with Gasteiger partial charge in [-0.25, -0.2) is 0 Å². The average molecular weight is 480 g/mol.